The van der Waals surface area contributed by atoms with Crippen LogP contribution in [0.5, 0.6) is 0 Å². The standard InChI is InChI=1S/C17H19N3/c1-11(2)15-10-20(4)16-6-5-13(7-14(15)16)17-18-8-12(3)9-19-17/h5-11H,1-4H3. The summed E-state index contributed by atoms with van der Waals surface area (Å²) in [5.41, 5.74) is 4.78. The van der Waals surface area contributed by atoms with Crippen molar-refractivity contribution in [2.45, 2.75) is 26.7 Å². The van der Waals surface area contributed by atoms with Crippen LogP contribution in [0.25, 0.3) is 22.3 Å². The van der Waals surface area contributed by atoms with Crippen LogP contribution in [0.15, 0.2) is 36.8 Å². The zero-order chi connectivity index (χ0) is 14.3. The number of rotatable bonds is 2. The van der Waals surface area contributed by atoms with Crippen LogP contribution in [-0.2, 0) is 7.05 Å². The zero-order valence-corrected chi connectivity index (χ0v) is 12.4. The van der Waals surface area contributed by atoms with Crippen LogP contribution in [0.3, 0.4) is 0 Å². The highest BCUT2D eigenvalue weighted by Gasteiger charge is 2.11. The Balaban J connectivity index is 2.19. The van der Waals surface area contributed by atoms with Gasteiger partial charge in [0, 0.05) is 42.1 Å². The van der Waals surface area contributed by atoms with Gasteiger partial charge in [0.25, 0.3) is 0 Å². The number of nitrogens with zero attached hydrogens (tertiary/aromatic N) is 3. The molecule has 3 heteroatoms. The first-order valence-electron chi connectivity index (χ1n) is 6.94. The molecule has 2 heterocycles. The molecule has 0 spiro atoms. The SMILES string of the molecule is Cc1cnc(-c2ccc3c(c2)c(C(C)C)cn3C)nc1. The molecule has 3 aromatic rings. The fourth-order valence-electron chi connectivity index (χ4n) is 2.56. The first-order valence-corrected chi connectivity index (χ1v) is 6.94. The molecule has 0 fully saturated rings. The number of fused-ring (bicyclic) bond motifs is 1. The van der Waals surface area contributed by atoms with Gasteiger partial charge in [-0.1, -0.05) is 13.8 Å². The average molecular weight is 265 g/mol. The maximum atomic E-state index is 4.42. The predicted molar refractivity (Wildman–Crippen MR) is 82.8 cm³/mol. The molecule has 0 atom stereocenters. The topological polar surface area (TPSA) is 30.7 Å². The molecule has 20 heavy (non-hydrogen) atoms. The van der Waals surface area contributed by atoms with Crippen molar-refractivity contribution >= 4 is 10.9 Å². The quantitative estimate of drug-likeness (QED) is 0.699. The van der Waals surface area contributed by atoms with Crippen molar-refractivity contribution in [3.05, 3.63) is 47.9 Å². The Morgan fingerprint density at radius 1 is 1.10 bits per heavy atom. The van der Waals surface area contributed by atoms with Crippen molar-refractivity contribution in [1.29, 1.82) is 0 Å². The number of hydrogen-bond donors (Lipinski definition) is 0. The van der Waals surface area contributed by atoms with Gasteiger partial charge in [-0.05, 0) is 42.2 Å². The minimum absolute atomic E-state index is 0.507. The lowest BCUT2D eigenvalue weighted by atomic mass is 10.0. The molecule has 0 saturated carbocycles. The Morgan fingerprint density at radius 3 is 2.45 bits per heavy atom. The van der Waals surface area contributed by atoms with Crippen molar-refractivity contribution in [3.8, 4) is 11.4 Å². The first-order chi connectivity index (χ1) is 9.56. The van der Waals surface area contributed by atoms with Gasteiger partial charge >= 0.3 is 0 Å². The van der Waals surface area contributed by atoms with Crippen molar-refractivity contribution in [2.24, 2.45) is 7.05 Å². The minimum atomic E-state index is 0.507. The molecule has 0 unspecified atom stereocenters. The predicted octanol–water partition coefficient (Wildman–Crippen LogP) is 4.07. The van der Waals surface area contributed by atoms with Gasteiger partial charge in [-0.15, -0.1) is 0 Å². The van der Waals surface area contributed by atoms with Gasteiger partial charge in [-0.2, -0.15) is 0 Å². The monoisotopic (exact) mass is 265 g/mol. The number of hydrogen-bond acceptors (Lipinski definition) is 2. The lowest BCUT2D eigenvalue weighted by Gasteiger charge is -2.05. The Hall–Kier alpha value is -2.16. The fourth-order valence-corrected chi connectivity index (χ4v) is 2.56. The third-order valence-corrected chi connectivity index (χ3v) is 3.68. The third kappa shape index (κ3) is 2.09. The molecule has 0 amide bonds. The summed E-state index contributed by atoms with van der Waals surface area (Å²) < 4.78 is 2.18. The number of aromatic nitrogens is 3. The van der Waals surface area contributed by atoms with Crippen LogP contribution >= 0.6 is 0 Å². The largest absolute Gasteiger partial charge is 0.350 e. The fraction of sp³-hybridized carbons (Fsp3) is 0.294. The molecule has 0 saturated heterocycles. The Bertz CT molecular complexity index is 752. The van der Waals surface area contributed by atoms with E-state index in [1.165, 1.54) is 16.5 Å². The smallest absolute Gasteiger partial charge is 0.159 e. The summed E-state index contributed by atoms with van der Waals surface area (Å²) in [5.74, 6) is 1.30. The first kappa shape index (κ1) is 12.9. The summed E-state index contributed by atoms with van der Waals surface area (Å²) in [6.07, 6.45) is 5.94. The molecule has 3 rings (SSSR count). The van der Waals surface area contributed by atoms with E-state index in [4.69, 9.17) is 0 Å². The lowest BCUT2D eigenvalue weighted by molar-refractivity contribution is 0.857. The molecule has 0 aliphatic rings. The highest BCUT2D eigenvalue weighted by Crippen LogP contribution is 2.30. The summed E-state index contributed by atoms with van der Waals surface area (Å²) in [4.78, 5) is 8.84. The molecule has 0 radical (unpaired) electrons. The Morgan fingerprint density at radius 2 is 1.80 bits per heavy atom. The number of benzene rings is 1. The van der Waals surface area contributed by atoms with Gasteiger partial charge in [-0.3, -0.25) is 0 Å². The number of aryl methyl sites for hydroxylation is 2. The molecular weight excluding hydrogens is 246 g/mol. The van der Waals surface area contributed by atoms with Gasteiger partial charge in [0.05, 0.1) is 0 Å². The summed E-state index contributed by atoms with van der Waals surface area (Å²) in [7, 11) is 2.09. The van der Waals surface area contributed by atoms with Gasteiger partial charge in [0.2, 0.25) is 0 Å². The van der Waals surface area contributed by atoms with Crippen molar-refractivity contribution in [3.63, 3.8) is 0 Å². The van der Waals surface area contributed by atoms with Crippen LogP contribution in [0, 0.1) is 6.92 Å². The Labute approximate surface area is 119 Å². The maximum Gasteiger partial charge on any atom is 0.159 e. The summed E-state index contributed by atoms with van der Waals surface area (Å²) >= 11 is 0. The molecule has 0 N–H and O–H groups in total. The highest BCUT2D eigenvalue weighted by atomic mass is 14.9. The van der Waals surface area contributed by atoms with E-state index in [0.717, 1.165) is 17.0 Å². The van der Waals surface area contributed by atoms with Crippen molar-refractivity contribution in [2.75, 3.05) is 0 Å². The Kier molecular flexibility index (Phi) is 3.05. The molecular formula is C17H19N3. The van der Waals surface area contributed by atoms with Crippen LogP contribution in [0.4, 0.5) is 0 Å². The van der Waals surface area contributed by atoms with E-state index in [-0.39, 0.29) is 0 Å². The van der Waals surface area contributed by atoms with E-state index in [9.17, 15) is 0 Å². The molecule has 0 aliphatic heterocycles. The molecule has 3 nitrogen and oxygen atoms in total. The van der Waals surface area contributed by atoms with E-state index in [0.29, 0.717) is 5.92 Å². The van der Waals surface area contributed by atoms with Crippen LogP contribution in [-0.4, -0.2) is 14.5 Å². The van der Waals surface area contributed by atoms with Gasteiger partial charge < -0.3 is 4.57 Å². The van der Waals surface area contributed by atoms with Gasteiger partial charge in [-0.25, -0.2) is 9.97 Å². The van der Waals surface area contributed by atoms with Crippen LogP contribution in [0.2, 0.25) is 0 Å². The average Bonchev–Trinajstić information content (AvgIpc) is 2.77. The van der Waals surface area contributed by atoms with Crippen LogP contribution < -0.4 is 0 Å². The molecule has 102 valence electrons. The van der Waals surface area contributed by atoms with Crippen LogP contribution in [0.1, 0.15) is 30.9 Å². The molecule has 0 bridgehead atoms. The zero-order valence-electron chi connectivity index (χ0n) is 12.4. The lowest BCUT2D eigenvalue weighted by Crippen LogP contribution is -1.90. The second-order valence-electron chi connectivity index (χ2n) is 5.67. The summed E-state index contributed by atoms with van der Waals surface area (Å²) in [6, 6.07) is 6.45. The van der Waals surface area contributed by atoms with Gasteiger partial charge in [0.1, 0.15) is 0 Å². The van der Waals surface area contributed by atoms with E-state index in [1.807, 2.05) is 19.3 Å². The van der Waals surface area contributed by atoms with Gasteiger partial charge in [0.15, 0.2) is 5.82 Å². The van der Waals surface area contributed by atoms with E-state index >= 15 is 0 Å². The normalized spacial score (nSPS) is 11.4. The maximum absolute atomic E-state index is 4.42. The molecule has 2 aromatic heterocycles. The van der Waals surface area contributed by atoms with E-state index in [2.05, 4.69) is 59.8 Å². The molecule has 1 aromatic carbocycles. The van der Waals surface area contributed by atoms with Crippen molar-refractivity contribution < 1.29 is 0 Å². The third-order valence-electron chi connectivity index (χ3n) is 3.68. The van der Waals surface area contributed by atoms with E-state index < -0.39 is 0 Å². The second-order valence-corrected chi connectivity index (χ2v) is 5.67. The highest BCUT2D eigenvalue weighted by molar-refractivity contribution is 5.88. The second kappa shape index (κ2) is 4.75. The van der Waals surface area contributed by atoms with Crippen molar-refractivity contribution in [1.82, 2.24) is 14.5 Å². The minimum Gasteiger partial charge on any atom is -0.350 e. The summed E-state index contributed by atoms with van der Waals surface area (Å²) in [6.45, 7) is 6.45. The molecule has 0 aliphatic carbocycles. The summed E-state index contributed by atoms with van der Waals surface area (Å²) in [5, 5.41) is 1.30. The van der Waals surface area contributed by atoms with E-state index in [1.54, 1.807) is 0 Å².